The van der Waals surface area contributed by atoms with E-state index in [1.54, 1.807) is 12.1 Å². The second-order valence-electron chi connectivity index (χ2n) is 10.1. The summed E-state index contributed by atoms with van der Waals surface area (Å²) < 4.78 is 0. The molecule has 0 spiro atoms. The summed E-state index contributed by atoms with van der Waals surface area (Å²) >= 11 is 0. The van der Waals surface area contributed by atoms with E-state index in [1.807, 2.05) is 60.7 Å². The van der Waals surface area contributed by atoms with Gasteiger partial charge in [-0.1, -0.05) is 61.5 Å². The van der Waals surface area contributed by atoms with Crippen LogP contribution >= 0.6 is 0 Å². The Bertz CT molecular complexity index is 1600. The van der Waals surface area contributed by atoms with Gasteiger partial charge in [0.05, 0.1) is 11.6 Å². The lowest BCUT2D eigenvalue weighted by Crippen LogP contribution is -2.35. The van der Waals surface area contributed by atoms with Crippen molar-refractivity contribution in [3.8, 4) is 11.1 Å². The fourth-order valence-electron chi connectivity index (χ4n) is 5.51. The zero-order valence-electron chi connectivity index (χ0n) is 21.8. The maximum Gasteiger partial charge on any atom is 0.336 e. The van der Waals surface area contributed by atoms with Gasteiger partial charge in [-0.15, -0.1) is 0 Å². The van der Waals surface area contributed by atoms with E-state index in [0.717, 1.165) is 34.4 Å². The quantitative estimate of drug-likeness (QED) is 0.154. The van der Waals surface area contributed by atoms with E-state index >= 15 is 0 Å². The summed E-state index contributed by atoms with van der Waals surface area (Å²) in [5.41, 5.74) is 12.3. The molecule has 4 aromatic carbocycles. The van der Waals surface area contributed by atoms with Crippen LogP contribution in [0.5, 0.6) is 0 Å². The molecule has 2 atom stereocenters. The van der Waals surface area contributed by atoms with E-state index in [-0.39, 0.29) is 28.8 Å². The van der Waals surface area contributed by atoms with Gasteiger partial charge in [0.15, 0.2) is 0 Å². The monoisotopic (exact) mass is 518 g/mol. The molecular formula is C32H30N4O3. The van der Waals surface area contributed by atoms with Gasteiger partial charge in [-0.3, -0.25) is 10.2 Å². The second kappa shape index (κ2) is 10.1. The van der Waals surface area contributed by atoms with Crippen LogP contribution in [-0.2, 0) is 10.2 Å². The van der Waals surface area contributed by atoms with Gasteiger partial charge in [0.25, 0.3) is 0 Å². The molecule has 0 fully saturated rings. The van der Waals surface area contributed by atoms with Crippen LogP contribution < -0.4 is 16.4 Å². The molecule has 0 bridgehead atoms. The molecule has 0 aromatic heterocycles. The van der Waals surface area contributed by atoms with Crippen LogP contribution in [0, 0.1) is 5.41 Å². The Hall–Kier alpha value is -4.91. The van der Waals surface area contributed by atoms with Crippen molar-refractivity contribution in [1.29, 1.82) is 5.41 Å². The smallest absolute Gasteiger partial charge is 0.336 e. The van der Waals surface area contributed by atoms with Crippen molar-refractivity contribution in [2.24, 2.45) is 5.73 Å². The minimum atomic E-state index is -1.06. The lowest BCUT2D eigenvalue weighted by Gasteiger charge is -2.42. The second-order valence-corrected chi connectivity index (χ2v) is 10.1. The maximum atomic E-state index is 12.1. The number of amides is 1. The lowest BCUT2D eigenvalue weighted by molar-refractivity contribution is -0.114. The number of carboxylic acid groups (broad SMARTS) is 1. The van der Waals surface area contributed by atoms with Crippen LogP contribution in [0.1, 0.15) is 58.9 Å². The number of hydrogen-bond donors (Lipinski definition) is 5. The lowest BCUT2D eigenvalue weighted by atomic mass is 9.68. The Morgan fingerprint density at radius 2 is 1.77 bits per heavy atom. The van der Waals surface area contributed by atoms with Gasteiger partial charge in [0.2, 0.25) is 5.91 Å². The summed E-state index contributed by atoms with van der Waals surface area (Å²) in [4.78, 5) is 23.6. The zero-order valence-corrected chi connectivity index (χ0v) is 21.8. The van der Waals surface area contributed by atoms with Gasteiger partial charge in [-0.2, -0.15) is 0 Å². The maximum absolute atomic E-state index is 12.1. The Labute approximate surface area is 227 Å². The van der Waals surface area contributed by atoms with Gasteiger partial charge in [0, 0.05) is 29.3 Å². The molecule has 1 amide bonds. The number of nitrogen functional groups attached to an aromatic ring is 1. The number of fused-ring (bicyclic) bond motifs is 1. The molecule has 7 heteroatoms. The third-order valence-electron chi connectivity index (χ3n) is 7.45. The molecule has 5 rings (SSSR count). The van der Waals surface area contributed by atoms with Gasteiger partial charge in [-0.05, 0) is 70.6 Å². The molecule has 196 valence electrons. The normalized spacial score (nSPS) is 17.9. The standard InChI is InChI=1S/C32H30N4O3/c1-19(37)35-24-12-13-25(26(17-24)31(38)39)20-7-6-8-21(15-20)29-18-32(2,23-9-4-3-5-10-23)27-16-22(30(33)34)11-14-28(27)36-29/h3-17,29,36H,18H2,1-2H3,(H3,33,34)(H,35,37)(H,38,39)/t29-,32+/m0/s1. The zero-order chi connectivity index (χ0) is 27.7. The highest BCUT2D eigenvalue weighted by molar-refractivity contribution is 5.99. The number of rotatable bonds is 6. The van der Waals surface area contributed by atoms with E-state index in [4.69, 9.17) is 11.1 Å². The van der Waals surface area contributed by atoms with E-state index in [2.05, 4.69) is 29.7 Å². The van der Waals surface area contributed by atoms with Crippen LogP contribution in [0.2, 0.25) is 0 Å². The number of carbonyl (C=O) groups is 2. The van der Waals surface area contributed by atoms with Crippen molar-refractivity contribution in [3.05, 3.63) is 119 Å². The SMILES string of the molecule is CC(=O)Nc1ccc(-c2cccc([C@@H]3C[C@](C)(c4ccccc4)c4cc(C(=N)N)ccc4N3)c2)c(C(=O)O)c1. The number of aromatic carboxylic acids is 1. The predicted octanol–water partition coefficient (Wildman–Crippen LogP) is 6.16. The highest BCUT2D eigenvalue weighted by atomic mass is 16.4. The molecule has 39 heavy (non-hydrogen) atoms. The summed E-state index contributed by atoms with van der Waals surface area (Å²) in [6.45, 7) is 3.60. The molecule has 1 heterocycles. The molecule has 6 N–H and O–H groups in total. The summed E-state index contributed by atoms with van der Waals surface area (Å²) in [7, 11) is 0. The van der Waals surface area contributed by atoms with E-state index in [9.17, 15) is 14.7 Å². The highest BCUT2D eigenvalue weighted by Crippen LogP contribution is 2.48. The number of nitrogens with one attached hydrogen (secondary N) is 3. The van der Waals surface area contributed by atoms with Crippen LogP contribution in [0.3, 0.4) is 0 Å². The highest BCUT2D eigenvalue weighted by Gasteiger charge is 2.39. The van der Waals surface area contributed by atoms with Crippen molar-refractivity contribution in [3.63, 3.8) is 0 Å². The van der Waals surface area contributed by atoms with E-state index in [1.165, 1.54) is 13.0 Å². The summed E-state index contributed by atoms with van der Waals surface area (Å²) in [5.74, 6) is -1.30. The summed E-state index contributed by atoms with van der Waals surface area (Å²) in [6, 6.07) is 28.9. The van der Waals surface area contributed by atoms with E-state index < -0.39 is 5.97 Å². The molecule has 0 aliphatic carbocycles. The van der Waals surface area contributed by atoms with Crippen LogP contribution in [0.4, 0.5) is 11.4 Å². The van der Waals surface area contributed by atoms with Crippen molar-refractivity contribution in [2.45, 2.75) is 31.7 Å². The largest absolute Gasteiger partial charge is 0.478 e. The third-order valence-corrected chi connectivity index (χ3v) is 7.45. The van der Waals surface area contributed by atoms with Crippen molar-refractivity contribution < 1.29 is 14.7 Å². The molecule has 1 aliphatic rings. The first-order chi connectivity index (χ1) is 18.7. The molecule has 0 unspecified atom stereocenters. The number of carbonyl (C=O) groups excluding carboxylic acids is 1. The van der Waals surface area contributed by atoms with Gasteiger partial charge in [0.1, 0.15) is 5.84 Å². The number of hydrogen-bond acceptors (Lipinski definition) is 4. The number of amidine groups is 1. The first kappa shape index (κ1) is 25.7. The van der Waals surface area contributed by atoms with Crippen molar-refractivity contribution in [1.82, 2.24) is 0 Å². The van der Waals surface area contributed by atoms with Crippen molar-refractivity contribution >= 4 is 29.1 Å². The third kappa shape index (κ3) is 4.99. The average molecular weight is 519 g/mol. The minimum Gasteiger partial charge on any atom is -0.478 e. The molecular weight excluding hydrogens is 488 g/mol. The molecule has 7 nitrogen and oxygen atoms in total. The fourth-order valence-corrected chi connectivity index (χ4v) is 5.51. The first-order valence-electron chi connectivity index (χ1n) is 12.7. The van der Waals surface area contributed by atoms with Crippen LogP contribution in [-0.4, -0.2) is 22.8 Å². The predicted molar refractivity (Wildman–Crippen MR) is 154 cm³/mol. The summed E-state index contributed by atoms with van der Waals surface area (Å²) in [5, 5.41) is 24.2. The molecule has 1 aliphatic heterocycles. The molecule has 4 aromatic rings. The van der Waals surface area contributed by atoms with Gasteiger partial charge >= 0.3 is 5.97 Å². The van der Waals surface area contributed by atoms with E-state index in [0.29, 0.717) is 16.8 Å². The van der Waals surface area contributed by atoms with Crippen LogP contribution in [0.25, 0.3) is 11.1 Å². The van der Waals surface area contributed by atoms with Gasteiger partial charge < -0.3 is 21.5 Å². The number of benzene rings is 4. The number of carboxylic acids is 1. The average Bonchev–Trinajstić information content (AvgIpc) is 2.93. The Morgan fingerprint density at radius 3 is 2.46 bits per heavy atom. The van der Waals surface area contributed by atoms with Crippen molar-refractivity contribution in [2.75, 3.05) is 10.6 Å². The Kier molecular flexibility index (Phi) is 6.66. The Morgan fingerprint density at radius 1 is 1.00 bits per heavy atom. The molecule has 0 saturated carbocycles. The minimum absolute atomic E-state index is 0.0294. The molecule has 0 radical (unpaired) electrons. The van der Waals surface area contributed by atoms with Gasteiger partial charge in [-0.25, -0.2) is 4.79 Å². The summed E-state index contributed by atoms with van der Waals surface area (Å²) in [6.07, 6.45) is 0.738. The number of anilines is 2. The fraction of sp³-hybridized carbons (Fsp3) is 0.156. The van der Waals surface area contributed by atoms with Crippen LogP contribution in [0.15, 0.2) is 91.0 Å². The number of nitrogens with two attached hydrogens (primary N) is 1. The molecule has 0 saturated heterocycles. The Balaban J connectivity index is 1.58. The topological polar surface area (TPSA) is 128 Å². The first-order valence-corrected chi connectivity index (χ1v) is 12.7.